The molecule has 3 atom stereocenters. The fourth-order valence-electron chi connectivity index (χ4n) is 8.49. The van der Waals surface area contributed by atoms with Crippen LogP contribution in [0.25, 0.3) is 5.76 Å². The summed E-state index contributed by atoms with van der Waals surface area (Å²) in [4.78, 5) is 93.5. The predicted octanol–water partition coefficient (Wildman–Crippen LogP) is 2.46. The van der Waals surface area contributed by atoms with Gasteiger partial charge >= 0.3 is 0 Å². The first-order valence-electron chi connectivity index (χ1n) is 16.2. The zero-order valence-corrected chi connectivity index (χ0v) is 26.6. The van der Waals surface area contributed by atoms with Crippen LogP contribution < -0.4 is 5.73 Å². The van der Waals surface area contributed by atoms with Gasteiger partial charge < -0.3 is 26.2 Å². The minimum Gasteiger partial charge on any atom is -0.508 e. The van der Waals surface area contributed by atoms with E-state index in [2.05, 4.69) is 0 Å². The number of amides is 3. The maximum atomic E-state index is 14.1. The van der Waals surface area contributed by atoms with Crippen LogP contribution in [0.15, 0.2) is 71.5 Å². The second-order valence-electron chi connectivity index (χ2n) is 13.6. The highest BCUT2D eigenvalue weighted by atomic mass is 16.3. The lowest BCUT2D eigenvalue weighted by atomic mass is 9.59. The van der Waals surface area contributed by atoms with Crippen LogP contribution in [0, 0.1) is 17.8 Å². The Morgan fingerprint density at radius 2 is 1.39 bits per heavy atom. The second kappa shape index (κ2) is 10.9. The Morgan fingerprint density at radius 3 is 1.96 bits per heavy atom. The van der Waals surface area contributed by atoms with Crippen LogP contribution in [0.4, 0.5) is 0 Å². The number of benzene rings is 3. The summed E-state index contributed by atoms with van der Waals surface area (Å²) >= 11 is 0. The number of Topliss-reactive ketones (excluding diaryl/α,β-unsaturated/α-hetero) is 4. The number of rotatable bonds is 5. The molecule has 1 fully saturated rings. The van der Waals surface area contributed by atoms with E-state index in [1.54, 1.807) is 24.3 Å². The molecular formula is C38H28N2O11. The first-order valence-corrected chi connectivity index (χ1v) is 16.2. The molecule has 3 aromatic carbocycles. The molecule has 0 spiro atoms. The zero-order valence-electron chi connectivity index (χ0n) is 26.6. The second-order valence-corrected chi connectivity index (χ2v) is 13.6. The highest BCUT2D eigenvalue weighted by molar-refractivity contribution is 6.27. The quantitative estimate of drug-likeness (QED) is 0.149. The third-order valence-corrected chi connectivity index (χ3v) is 11.0. The van der Waals surface area contributed by atoms with Crippen molar-refractivity contribution in [3.05, 3.63) is 116 Å². The zero-order chi connectivity index (χ0) is 36.3. The first kappa shape index (κ1) is 32.0. The molecule has 51 heavy (non-hydrogen) atoms. The highest BCUT2D eigenvalue weighted by Gasteiger charge is 2.60. The number of hydrogen-bond acceptors (Lipinski definition) is 11. The number of primary amides is 1. The van der Waals surface area contributed by atoms with Gasteiger partial charge in [-0.15, -0.1) is 0 Å². The Labute approximate surface area is 288 Å². The molecule has 0 aromatic heterocycles. The van der Waals surface area contributed by atoms with Gasteiger partial charge in [-0.3, -0.25) is 38.5 Å². The average Bonchev–Trinajstić information content (AvgIpc) is 3.48. The van der Waals surface area contributed by atoms with E-state index in [0.717, 1.165) is 4.90 Å². The number of carbonyl (C=O) groups excluding carboxylic acids is 7. The number of carbonyl (C=O) groups is 7. The van der Waals surface area contributed by atoms with Gasteiger partial charge in [0.25, 0.3) is 17.7 Å². The fourth-order valence-corrected chi connectivity index (χ4v) is 8.49. The molecule has 0 saturated heterocycles. The Hall–Kier alpha value is -6.21. The van der Waals surface area contributed by atoms with Crippen molar-refractivity contribution in [2.24, 2.45) is 23.5 Å². The topological polar surface area (TPSA) is 230 Å². The number of nitrogens with two attached hydrogens (primary N) is 1. The van der Waals surface area contributed by atoms with E-state index in [-0.39, 0.29) is 75.9 Å². The van der Waals surface area contributed by atoms with E-state index in [4.69, 9.17) is 5.73 Å². The summed E-state index contributed by atoms with van der Waals surface area (Å²) in [5.41, 5.74) is 2.27. The number of imide groups is 1. The molecule has 1 heterocycles. The van der Waals surface area contributed by atoms with Crippen molar-refractivity contribution in [2.75, 3.05) is 0 Å². The number of phenols is 1. The molecule has 0 bridgehead atoms. The summed E-state index contributed by atoms with van der Waals surface area (Å²) in [7, 11) is 0. The predicted molar refractivity (Wildman–Crippen MR) is 174 cm³/mol. The molecule has 6 N–H and O–H groups in total. The van der Waals surface area contributed by atoms with Crippen molar-refractivity contribution in [3.63, 3.8) is 0 Å². The SMILES string of the molecule is NC(=O)C1=C(O)[C@@]2(O)C(=O)C3=C(O)c4c(O)c(CC5C(=O)c6ccccc6C5=O)cc(CN5C(=O)c6ccccc6C5=O)c4C[C@H]3C[C@H]2CC1=O. The fraction of sp³-hybridized carbons (Fsp3) is 0.237. The average molecular weight is 689 g/mol. The van der Waals surface area contributed by atoms with E-state index in [0.29, 0.717) is 0 Å². The van der Waals surface area contributed by atoms with Crippen LogP contribution in [0.1, 0.15) is 76.5 Å². The number of hydrogen-bond donors (Lipinski definition) is 5. The molecule has 1 saturated carbocycles. The largest absolute Gasteiger partial charge is 0.508 e. The van der Waals surface area contributed by atoms with Crippen molar-refractivity contribution in [3.8, 4) is 5.75 Å². The van der Waals surface area contributed by atoms with E-state index in [9.17, 15) is 54.0 Å². The minimum absolute atomic E-state index is 0.00679. The lowest BCUT2D eigenvalue weighted by Gasteiger charge is -2.46. The molecule has 4 aliphatic carbocycles. The standard InChI is InChI=1S/C38H28N2O11/c39-35(48)28-25(41)13-18-10-15-11-23-17(14-40-36(49)21-7-3-4-8-22(21)37(40)50)9-16(12-24-30(43)19-5-1-2-6-20(19)31(24)44)29(42)27(23)32(45)26(15)33(46)38(18,51)34(28)47/h1-9,15,18,24,42,45,47,51H,10-14H2,(H2,39,48)/t15-,18+,38+/m1/s1. The normalized spacial score (nSPS) is 24.1. The van der Waals surface area contributed by atoms with E-state index in [1.165, 1.54) is 30.3 Å². The Kier molecular flexibility index (Phi) is 6.84. The number of aromatic hydroxyl groups is 1. The molecule has 13 heteroatoms. The number of aliphatic hydroxyl groups excluding tert-OH is 2. The molecule has 3 aromatic rings. The van der Waals surface area contributed by atoms with Crippen LogP contribution in [-0.4, -0.2) is 71.8 Å². The van der Waals surface area contributed by atoms with Gasteiger partial charge in [-0.05, 0) is 60.1 Å². The van der Waals surface area contributed by atoms with Gasteiger partial charge in [0.15, 0.2) is 23.0 Å². The first-order chi connectivity index (χ1) is 24.2. The number of nitrogens with zero attached hydrogens (tertiary/aromatic N) is 1. The van der Waals surface area contributed by atoms with Gasteiger partial charge in [-0.1, -0.05) is 36.4 Å². The van der Waals surface area contributed by atoms with Gasteiger partial charge in [-0.2, -0.15) is 0 Å². The summed E-state index contributed by atoms with van der Waals surface area (Å²) in [5, 5.41) is 46.1. The maximum Gasteiger partial charge on any atom is 0.261 e. The summed E-state index contributed by atoms with van der Waals surface area (Å²) in [6.45, 7) is -0.338. The van der Waals surface area contributed by atoms with E-state index in [1.807, 2.05) is 0 Å². The lowest BCUT2D eigenvalue weighted by molar-refractivity contribution is -0.147. The summed E-state index contributed by atoms with van der Waals surface area (Å²) in [6.07, 6.45) is -1.03. The van der Waals surface area contributed by atoms with Crippen molar-refractivity contribution in [2.45, 2.75) is 37.8 Å². The summed E-state index contributed by atoms with van der Waals surface area (Å²) in [6, 6.07) is 14.0. The molecule has 0 radical (unpaired) electrons. The molecule has 256 valence electrons. The molecule has 1 aliphatic heterocycles. The molecule has 3 amide bonds. The Balaban J connectivity index is 1.28. The molecule has 8 rings (SSSR count). The molecule has 5 aliphatic rings. The van der Waals surface area contributed by atoms with Crippen molar-refractivity contribution in [1.82, 2.24) is 4.90 Å². The van der Waals surface area contributed by atoms with Gasteiger partial charge in [-0.25, -0.2) is 0 Å². The number of ketones is 4. The van der Waals surface area contributed by atoms with Crippen LogP contribution in [-0.2, 0) is 33.8 Å². The van der Waals surface area contributed by atoms with E-state index < -0.39 is 93.5 Å². The van der Waals surface area contributed by atoms with Crippen LogP contribution >= 0.6 is 0 Å². The van der Waals surface area contributed by atoms with Crippen molar-refractivity contribution in [1.29, 1.82) is 0 Å². The third kappa shape index (κ3) is 4.27. The molecular weight excluding hydrogens is 660 g/mol. The van der Waals surface area contributed by atoms with Gasteiger partial charge in [0, 0.05) is 29.0 Å². The summed E-state index contributed by atoms with van der Waals surface area (Å²) in [5.74, 6) is -11.4. The van der Waals surface area contributed by atoms with Crippen LogP contribution in [0.5, 0.6) is 5.75 Å². The number of phenolic OH excluding ortho intramolecular Hbond substituents is 1. The Morgan fingerprint density at radius 1 is 0.824 bits per heavy atom. The van der Waals surface area contributed by atoms with E-state index >= 15 is 0 Å². The minimum atomic E-state index is -2.78. The smallest absolute Gasteiger partial charge is 0.261 e. The monoisotopic (exact) mass is 688 g/mol. The summed E-state index contributed by atoms with van der Waals surface area (Å²) < 4.78 is 0. The lowest BCUT2D eigenvalue weighted by Crippen LogP contribution is -2.58. The van der Waals surface area contributed by atoms with Gasteiger partial charge in [0.2, 0.25) is 5.78 Å². The van der Waals surface area contributed by atoms with Crippen LogP contribution in [0.3, 0.4) is 0 Å². The number of fused-ring (bicyclic) bond motifs is 5. The van der Waals surface area contributed by atoms with Crippen LogP contribution in [0.2, 0.25) is 0 Å². The van der Waals surface area contributed by atoms with Crippen molar-refractivity contribution >= 4 is 46.6 Å². The molecule has 13 nitrogen and oxygen atoms in total. The van der Waals surface area contributed by atoms with Gasteiger partial charge in [0.1, 0.15) is 22.8 Å². The highest BCUT2D eigenvalue weighted by Crippen LogP contribution is 2.53. The maximum absolute atomic E-state index is 14.1. The third-order valence-electron chi connectivity index (χ3n) is 11.0. The number of aliphatic hydroxyl groups is 3. The van der Waals surface area contributed by atoms with Gasteiger partial charge in [0.05, 0.1) is 29.2 Å². The van der Waals surface area contributed by atoms with Crippen molar-refractivity contribution < 1.29 is 54.0 Å². The molecule has 0 unspecified atom stereocenters. The Bertz CT molecular complexity index is 2250.